The van der Waals surface area contributed by atoms with Crippen LogP contribution in [0, 0.1) is 5.82 Å². The third-order valence-corrected chi connectivity index (χ3v) is 7.64. The number of nitrogens with one attached hydrogen (secondary N) is 2. The molecular weight excluding hydrogens is 471 g/mol. The highest BCUT2D eigenvalue weighted by molar-refractivity contribution is 6.02. The minimum atomic E-state index is -1.02. The van der Waals surface area contributed by atoms with Crippen molar-refractivity contribution in [3.8, 4) is 0 Å². The number of pyridine rings is 1. The summed E-state index contributed by atoms with van der Waals surface area (Å²) in [5, 5.41) is 6.52. The largest absolute Gasteiger partial charge is 0.347 e. The fourth-order valence-corrected chi connectivity index (χ4v) is 5.19. The number of aromatic nitrogens is 1. The Labute approximate surface area is 215 Å². The van der Waals surface area contributed by atoms with Crippen LogP contribution in [0.4, 0.5) is 4.39 Å². The van der Waals surface area contributed by atoms with E-state index in [0.29, 0.717) is 24.0 Å². The Morgan fingerprint density at radius 1 is 1.03 bits per heavy atom. The Balaban J connectivity index is 1.25. The van der Waals surface area contributed by atoms with Gasteiger partial charge in [0.15, 0.2) is 0 Å². The Morgan fingerprint density at radius 3 is 2.41 bits per heavy atom. The molecule has 2 N–H and O–H groups in total. The first-order valence-electron chi connectivity index (χ1n) is 12.8. The average Bonchev–Trinajstić information content (AvgIpc) is 3.59. The Kier molecular flexibility index (Phi) is 6.43. The van der Waals surface area contributed by atoms with Crippen molar-refractivity contribution >= 4 is 28.6 Å². The van der Waals surface area contributed by atoms with Crippen molar-refractivity contribution in [1.29, 1.82) is 0 Å². The molecule has 5 rings (SSSR count). The van der Waals surface area contributed by atoms with Crippen molar-refractivity contribution in [2.75, 3.05) is 0 Å². The maximum absolute atomic E-state index is 15.1. The maximum Gasteiger partial charge on any atom is 0.254 e. The predicted octanol–water partition coefficient (Wildman–Crippen LogP) is 4.53. The molecular formula is C29H31FN4O3. The second kappa shape index (κ2) is 9.57. The predicted molar refractivity (Wildman–Crippen MR) is 138 cm³/mol. The molecule has 3 atom stereocenters. The average molecular weight is 503 g/mol. The van der Waals surface area contributed by atoms with Crippen molar-refractivity contribution in [3.63, 3.8) is 0 Å². The highest BCUT2D eigenvalue weighted by atomic mass is 19.1. The molecule has 8 heteroatoms. The van der Waals surface area contributed by atoms with E-state index in [1.165, 1.54) is 12.3 Å². The molecule has 1 saturated carbocycles. The number of rotatable bonds is 6. The summed E-state index contributed by atoms with van der Waals surface area (Å²) in [5.74, 6) is -1.46. The highest BCUT2D eigenvalue weighted by Gasteiger charge is 2.51. The van der Waals surface area contributed by atoms with Crippen molar-refractivity contribution < 1.29 is 18.8 Å². The second-order valence-electron chi connectivity index (χ2n) is 10.4. The normalized spacial score (nSPS) is 20.9. The van der Waals surface area contributed by atoms with Gasteiger partial charge in [0.25, 0.3) is 11.8 Å². The van der Waals surface area contributed by atoms with Crippen molar-refractivity contribution in [2.24, 2.45) is 0 Å². The van der Waals surface area contributed by atoms with E-state index in [9.17, 15) is 14.4 Å². The first-order chi connectivity index (χ1) is 17.7. The van der Waals surface area contributed by atoms with E-state index in [1.54, 1.807) is 25.1 Å². The zero-order chi connectivity index (χ0) is 26.3. The fourth-order valence-electron chi connectivity index (χ4n) is 5.19. The lowest BCUT2D eigenvalue weighted by atomic mass is 10.0. The van der Waals surface area contributed by atoms with E-state index in [0.717, 1.165) is 23.7 Å². The standard InChI is InChI=1S/C29H31FN4O3/c1-17-8-9-18(2)34(17)27(36)21-10-11-23(24(30)15-21)19(3)32-28(37)29(12-13-29)33-26(35)22-14-20-6-4-5-7-25(20)31-16-22/h4-7,10-11,14-19H,8-9,12-13H2,1-3H3,(H,32,37)(H,33,35)/t17?,18?,19-/m1/s1. The molecule has 192 valence electrons. The van der Waals surface area contributed by atoms with Gasteiger partial charge >= 0.3 is 0 Å². The fraction of sp³-hybridized carbons (Fsp3) is 0.379. The molecule has 1 saturated heterocycles. The van der Waals surface area contributed by atoms with Gasteiger partial charge in [-0.2, -0.15) is 0 Å². The molecule has 3 aromatic rings. The van der Waals surface area contributed by atoms with Crippen LogP contribution in [0.3, 0.4) is 0 Å². The summed E-state index contributed by atoms with van der Waals surface area (Å²) in [6.45, 7) is 5.70. The highest BCUT2D eigenvalue weighted by Crippen LogP contribution is 2.37. The van der Waals surface area contributed by atoms with Crippen LogP contribution < -0.4 is 10.6 Å². The molecule has 1 aliphatic heterocycles. The summed E-state index contributed by atoms with van der Waals surface area (Å²) < 4.78 is 15.1. The van der Waals surface area contributed by atoms with E-state index in [4.69, 9.17) is 0 Å². The van der Waals surface area contributed by atoms with Crippen molar-refractivity contribution in [2.45, 2.75) is 70.1 Å². The Hall–Kier alpha value is -3.81. The van der Waals surface area contributed by atoms with E-state index < -0.39 is 17.4 Å². The number of carbonyl (C=O) groups is 3. The number of nitrogens with zero attached hydrogens (tertiary/aromatic N) is 2. The minimum Gasteiger partial charge on any atom is -0.347 e. The van der Waals surface area contributed by atoms with Crippen LogP contribution in [0.15, 0.2) is 54.7 Å². The number of amides is 3. The van der Waals surface area contributed by atoms with E-state index in [2.05, 4.69) is 15.6 Å². The van der Waals surface area contributed by atoms with Gasteiger partial charge < -0.3 is 15.5 Å². The van der Waals surface area contributed by atoms with E-state index in [-0.39, 0.29) is 35.4 Å². The molecule has 0 spiro atoms. The topological polar surface area (TPSA) is 91.4 Å². The Morgan fingerprint density at radius 2 is 1.73 bits per heavy atom. The van der Waals surface area contributed by atoms with Crippen molar-refractivity contribution in [3.05, 3.63) is 77.2 Å². The van der Waals surface area contributed by atoms with Gasteiger partial charge in [-0.05, 0) is 70.7 Å². The van der Waals surface area contributed by atoms with Crippen LogP contribution in [-0.2, 0) is 4.79 Å². The van der Waals surface area contributed by atoms with Gasteiger partial charge in [0.05, 0.1) is 17.1 Å². The SMILES string of the molecule is CC1CCC(C)N1C(=O)c1ccc([C@@H](C)NC(=O)C2(NC(=O)c3cnc4ccccc4c3)CC2)c(F)c1. The number of likely N-dealkylation sites (tertiary alicyclic amines) is 1. The van der Waals surface area contributed by atoms with Gasteiger partial charge in [-0.15, -0.1) is 0 Å². The summed E-state index contributed by atoms with van der Waals surface area (Å²) in [4.78, 5) is 45.1. The van der Waals surface area contributed by atoms with Gasteiger partial charge in [-0.1, -0.05) is 24.3 Å². The van der Waals surface area contributed by atoms with Crippen LogP contribution in [0.25, 0.3) is 10.9 Å². The summed E-state index contributed by atoms with van der Waals surface area (Å²) >= 11 is 0. The molecule has 2 fully saturated rings. The zero-order valence-corrected chi connectivity index (χ0v) is 21.3. The van der Waals surface area contributed by atoms with Gasteiger partial charge in [0.1, 0.15) is 11.4 Å². The monoisotopic (exact) mass is 502 g/mol. The van der Waals surface area contributed by atoms with Crippen LogP contribution in [0.5, 0.6) is 0 Å². The number of carbonyl (C=O) groups excluding carboxylic acids is 3. The smallest absolute Gasteiger partial charge is 0.254 e. The number of hydrogen-bond acceptors (Lipinski definition) is 4. The molecule has 37 heavy (non-hydrogen) atoms. The molecule has 0 radical (unpaired) electrons. The lowest BCUT2D eigenvalue weighted by Crippen LogP contribution is -2.49. The molecule has 3 amide bonds. The summed E-state index contributed by atoms with van der Waals surface area (Å²) in [6.07, 6.45) is 4.37. The Bertz CT molecular complexity index is 1380. The zero-order valence-electron chi connectivity index (χ0n) is 21.3. The number of hydrogen-bond donors (Lipinski definition) is 2. The molecule has 2 aliphatic rings. The van der Waals surface area contributed by atoms with E-state index >= 15 is 4.39 Å². The molecule has 2 unspecified atom stereocenters. The molecule has 1 aromatic heterocycles. The van der Waals surface area contributed by atoms with Gasteiger partial charge in [-0.25, -0.2) is 4.39 Å². The minimum absolute atomic E-state index is 0.124. The second-order valence-corrected chi connectivity index (χ2v) is 10.4. The van der Waals surface area contributed by atoms with Crippen LogP contribution >= 0.6 is 0 Å². The number of benzene rings is 2. The lowest BCUT2D eigenvalue weighted by Gasteiger charge is -2.27. The van der Waals surface area contributed by atoms with Gasteiger partial charge in [0, 0.05) is 34.8 Å². The van der Waals surface area contributed by atoms with Crippen molar-refractivity contribution in [1.82, 2.24) is 20.5 Å². The van der Waals surface area contributed by atoms with Gasteiger partial charge in [-0.3, -0.25) is 19.4 Å². The number of halogens is 1. The van der Waals surface area contributed by atoms with Crippen LogP contribution in [-0.4, -0.2) is 45.2 Å². The third kappa shape index (κ3) is 4.80. The molecule has 2 aromatic carbocycles. The molecule has 0 bridgehead atoms. The van der Waals surface area contributed by atoms with E-state index in [1.807, 2.05) is 43.0 Å². The maximum atomic E-state index is 15.1. The summed E-state index contributed by atoms with van der Waals surface area (Å²) in [5.41, 5.74) is 0.721. The third-order valence-electron chi connectivity index (χ3n) is 7.64. The lowest BCUT2D eigenvalue weighted by molar-refractivity contribution is -0.124. The molecule has 1 aliphatic carbocycles. The van der Waals surface area contributed by atoms with Crippen LogP contribution in [0.1, 0.15) is 78.8 Å². The number of para-hydroxylation sites is 1. The quantitative estimate of drug-likeness (QED) is 0.518. The van der Waals surface area contributed by atoms with Gasteiger partial charge in [0.2, 0.25) is 5.91 Å². The number of fused-ring (bicyclic) bond motifs is 1. The molecule has 2 heterocycles. The molecule has 7 nitrogen and oxygen atoms in total. The summed E-state index contributed by atoms with van der Waals surface area (Å²) in [7, 11) is 0. The summed E-state index contributed by atoms with van der Waals surface area (Å²) in [6, 6.07) is 13.3. The van der Waals surface area contributed by atoms with Crippen LogP contribution in [0.2, 0.25) is 0 Å². The first kappa shape index (κ1) is 24.9. The first-order valence-corrected chi connectivity index (χ1v) is 12.8.